The van der Waals surface area contributed by atoms with Crippen molar-refractivity contribution in [3.63, 3.8) is 0 Å². The highest BCUT2D eigenvalue weighted by Gasteiger charge is 2.41. The molecule has 0 aliphatic carbocycles. The molecule has 2 aliphatic rings. The van der Waals surface area contributed by atoms with Crippen molar-refractivity contribution in [3.8, 4) is 5.69 Å². The van der Waals surface area contributed by atoms with Gasteiger partial charge in [-0.1, -0.05) is 67.9 Å². The summed E-state index contributed by atoms with van der Waals surface area (Å²) in [5.41, 5.74) is 7.73. The first-order valence-electron chi connectivity index (χ1n) is 14.4. The van der Waals surface area contributed by atoms with Crippen LogP contribution >= 0.6 is 0 Å². The number of nitrogens with one attached hydrogen (secondary N) is 1. The molecule has 6 nitrogen and oxygen atoms in total. The van der Waals surface area contributed by atoms with E-state index in [0.717, 1.165) is 51.8 Å². The highest BCUT2D eigenvalue weighted by Crippen LogP contribution is 2.48. The Morgan fingerprint density at radius 2 is 1.57 bits per heavy atom. The summed E-state index contributed by atoms with van der Waals surface area (Å²) in [6.07, 6.45) is 3.41. The summed E-state index contributed by atoms with van der Waals surface area (Å²) < 4.78 is 16.0. The number of hydrogen-bond donors (Lipinski definition) is 1. The lowest BCUT2D eigenvalue weighted by Crippen LogP contribution is -2.46. The third-order valence-electron chi connectivity index (χ3n) is 7.86. The molecule has 1 atom stereocenters. The van der Waals surface area contributed by atoms with Gasteiger partial charge < -0.3 is 10.2 Å². The maximum absolute atomic E-state index is 14.1. The number of anilines is 2. The molecule has 7 heteroatoms. The molecule has 1 aromatic heterocycles. The van der Waals surface area contributed by atoms with Crippen molar-refractivity contribution >= 4 is 34.6 Å². The molecule has 2 aliphatic heterocycles. The number of benzene rings is 4. The number of rotatable bonds is 6. The Kier molecular flexibility index (Phi) is 6.62. The van der Waals surface area contributed by atoms with Gasteiger partial charge in [0.2, 0.25) is 0 Å². The molecule has 5 aromatic rings. The molecule has 0 radical (unpaired) electrons. The molecule has 7 rings (SSSR count). The Hall–Kier alpha value is -5.04. The number of nitrogens with zero attached hydrogens (tertiary/aromatic N) is 5. The van der Waals surface area contributed by atoms with E-state index >= 15 is 0 Å². The number of halogens is 1. The molecule has 0 fully saturated rings. The van der Waals surface area contributed by atoms with Crippen molar-refractivity contribution in [2.24, 2.45) is 9.98 Å². The van der Waals surface area contributed by atoms with Crippen LogP contribution < -0.4 is 10.2 Å². The lowest BCUT2D eigenvalue weighted by atomic mass is 9.93. The number of unbranched alkanes of at least 4 members (excludes halogenated alkanes) is 1. The Balaban J connectivity index is 1.41. The minimum atomic E-state index is -0.296. The number of para-hydroxylation sites is 3. The second-order valence-corrected chi connectivity index (χ2v) is 10.7. The van der Waals surface area contributed by atoms with E-state index in [0.29, 0.717) is 11.7 Å². The Morgan fingerprint density at radius 3 is 2.33 bits per heavy atom. The maximum atomic E-state index is 14.1. The van der Waals surface area contributed by atoms with Crippen molar-refractivity contribution in [3.05, 3.63) is 131 Å². The number of hydrogen-bond acceptors (Lipinski definition) is 5. The summed E-state index contributed by atoms with van der Waals surface area (Å²) in [6.45, 7) is 4.22. The van der Waals surface area contributed by atoms with Gasteiger partial charge in [0, 0.05) is 11.3 Å². The number of fused-ring (bicyclic) bond motifs is 4. The smallest absolute Gasteiger partial charge is 0.179 e. The predicted octanol–water partition coefficient (Wildman–Crippen LogP) is 8.46. The van der Waals surface area contributed by atoms with E-state index in [1.165, 1.54) is 30.5 Å². The fourth-order valence-electron chi connectivity index (χ4n) is 5.78. The topological polar surface area (TPSA) is 57.8 Å². The van der Waals surface area contributed by atoms with Gasteiger partial charge in [-0.25, -0.2) is 19.1 Å². The first-order valence-corrected chi connectivity index (χ1v) is 14.4. The van der Waals surface area contributed by atoms with E-state index < -0.39 is 0 Å². The Labute approximate surface area is 244 Å². The molecule has 1 N–H and O–H groups in total. The Bertz CT molecular complexity index is 1800. The molecule has 0 bridgehead atoms. The third kappa shape index (κ3) is 4.57. The second kappa shape index (κ2) is 10.7. The average Bonchev–Trinajstić information content (AvgIpc) is 3.36. The minimum absolute atomic E-state index is 0.272. The van der Waals surface area contributed by atoms with Gasteiger partial charge in [-0.15, -0.1) is 0 Å². The lowest BCUT2D eigenvalue weighted by Gasteiger charge is -2.40. The molecule has 208 valence electrons. The van der Waals surface area contributed by atoms with Crippen LogP contribution in [0.2, 0.25) is 0 Å². The lowest BCUT2D eigenvalue weighted by molar-refractivity contribution is 0.626. The molecular weight excluding hydrogens is 523 g/mol. The largest absolute Gasteiger partial charge is 0.337 e. The summed E-state index contributed by atoms with van der Waals surface area (Å²) in [7, 11) is 0. The normalized spacial score (nSPS) is 15.3. The molecular formula is C35H31FN6. The standard InChI is InChI=1S/C35H31FN6/c1-3-4-10-24-15-21-27(22-16-24)37-33-35-39-34-31(23(2)40-42(34)28-11-6-5-7-12-28)32(25-17-19-26(36)20-18-25)41(35)30-14-9-8-13-29(30)38-33/h5-9,11-22,32H,3-4,10H2,1-2H3,(H,37,38)/t32-/m0/s1. The summed E-state index contributed by atoms with van der Waals surface area (Å²) in [6, 6.07) is 33.1. The average molecular weight is 555 g/mol. The van der Waals surface area contributed by atoms with E-state index in [4.69, 9.17) is 15.1 Å². The van der Waals surface area contributed by atoms with Crippen molar-refractivity contribution in [1.29, 1.82) is 0 Å². The van der Waals surface area contributed by atoms with Crippen molar-refractivity contribution in [1.82, 2.24) is 9.78 Å². The molecule has 3 heterocycles. The number of amidine groups is 2. The summed E-state index contributed by atoms with van der Waals surface area (Å²) in [5.74, 6) is 1.79. The van der Waals surface area contributed by atoms with E-state index in [1.807, 2.05) is 72.3 Å². The van der Waals surface area contributed by atoms with Crippen LogP contribution in [0.5, 0.6) is 0 Å². The van der Waals surface area contributed by atoms with Gasteiger partial charge in [-0.05, 0) is 79.4 Å². The second-order valence-electron chi connectivity index (χ2n) is 10.7. The first kappa shape index (κ1) is 25.9. The SMILES string of the molecule is CCCCc1ccc(NC2=Nc3ccccc3N3C2=Nc2c(c(C)nn2-c2ccccc2)[C@@H]3c2ccc(F)cc2)cc1. The van der Waals surface area contributed by atoms with Gasteiger partial charge >= 0.3 is 0 Å². The molecule has 0 saturated carbocycles. The molecule has 0 amide bonds. The van der Waals surface area contributed by atoms with Gasteiger partial charge in [0.15, 0.2) is 17.5 Å². The van der Waals surface area contributed by atoms with Gasteiger partial charge in [-0.3, -0.25) is 0 Å². The number of aryl methyl sites for hydroxylation is 2. The highest BCUT2D eigenvalue weighted by atomic mass is 19.1. The van der Waals surface area contributed by atoms with E-state index in [2.05, 4.69) is 47.5 Å². The minimum Gasteiger partial charge on any atom is -0.337 e. The molecule has 0 spiro atoms. The van der Waals surface area contributed by atoms with Crippen LogP contribution in [0.1, 0.15) is 48.2 Å². The van der Waals surface area contributed by atoms with E-state index in [-0.39, 0.29) is 11.9 Å². The van der Waals surface area contributed by atoms with Gasteiger partial charge in [0.05, 0.1) is 28.8 Å². The van der Waals surface area contributed by atoms with Crippen LogP contribution in [0.4, 0.5) is 27.3 Å². The zero-order valence-corrected chi connectivity index (χ0v) is 23.6. The quantitative estimate of drug-likeness (QED) is 0.229. The van der Waals surface area contributed by atoms with E-state index in [1.54, 1.807) is 0 Å². The summed E-state index contributed by atoms with van der Waals surface area (Å²) in [4.78, 5) is 12.5. The zero-order valence-electron chi connectivity index (χ0n) is 23.6. The Morgan fingerprint density at radius 1 is 0.833 bits per heavy atom. The van der Waals surface area contributed by atoms with Crippen LogP contribution in [-0.4, -0.2) is 21.5 Å². The van der Waals surface area contributed by atoms with Crippen LogP contribution in [0, 0.1) is 12.7 Å². The molecule has 0 unspecified atom stereocenters. The highest BCUT2D eigenvalue weighted by molar-refractivity contribution is 6.51. The molecule has 42 heavy (non-hydrogen) atoms. The van der Waals surface area contributed by atoms with Crippen LogP contribution in [-0.2, 0) is 6.42 Å². The number of aliphatic imine (C=N–C) groups is 2. The maximum Gasteiger partial charge on any atom is 0.179 e. The van der Waals surface area contributed by atoms with Crippen LogP contribution in [0.25, 0.3) is 5.69 Å². The van der Waals surface area contributed by atoms with E-state index in [9.17, 15) is 4.39 Å². The van der Waals surface area contributed by atoms with Gasteiger partial charge in [-0.2, -0.15) is 5.10 Å². The van der Waals surface area contributed by atoms with Crippen molar-refractivity contribution in [2.45, 2.75) is 39.2 Å². The third-order valence-corrected chi connectivity index (χ3v) is 7.86. The van der Waals surface area contributed by atoms with Crippen molar-refractivity contribution < 1.29 is 4.39 Å². The number of aromatic nitrogens is 2. The molecule has 0 saturated heterocycles. The van der Waals surface area contributed by atoms with Crippen LogP contribution in [0.15, 0.2) is 113 Å². The molecule has 4 aromatic carbocycles. The fraction of sp³-hybridized carbons (Fsp3) is 0.171. The monoisotopic (exact) mass is 554 g/mol. The fourth-order valence-corrected chi connectivity index (χ4v) is 5.78. The zero-order chi connectivity index (χ0) is 28.6. The van der Waals surface area contributed by atoms with Gasteiger partial charge in [0.25, 0.3) is 0 Å². The van der Waals surface area contributed by atoms with Crippen LogP contribution in [0.3, 0.4) is 0 Å². The summed E-state index contributed by atoms with van der Waals surface area (Å²) in [5, 5.41) is 8.53. The van der Waals surface area contributed by atoms with Gasteiger partial charge in [0.1, 0.15) is 5.82 Å². The van der Waals surface area contributed by atoms with Crippen molar-refractivity contribution in [2.75, 3.05) is 10.2 Å². The summed E-state index contributed by atoms with van der Waals surface area (Å²) >= 11 is 0. The predicted molar refractivity (Wildman–Crippen MR) is 168 cm³/mol. The first-order chi connectivity index (χ1) is 20.6.